The van der Waals surface area contributed by atoms with Crippen LogP contribution in [0, 0.1) is 11.7 Å². The van der Waals surface area contributed by atoms with Gasteiger partial charge in [0, 0.05) is 0 Å². The second-order valence-electron chi connectivity index (χ2n) is 7.00. The Kier molecular flexibility index (Phi) is 5.96. The van der Waals surface area contributed by atoms with Gasteiger partial charge in [-0.25, -0.2) is 4.39 Å². The topological polar surface area (TPSA) is 72.9 Å². The zero-order valence-electron chi connectivity index (χ0n) is 16.5. The van der Waals surface area contributed by atoms with Gasteiger partial charge in [0.2, 0.25) is 0 Å². The van der Waals surface area contributed by atoms with Gasteiger partial charge in [-0.15, -0.1) is 0 Å². The standard InChI is InChI=1S/C22H22FNO5/c1-4-28-18-10-9-14(23)11-16(18)17(25)12-24-21(26)15-7-5-6-8-19(15)29-20(13(2)3)22(24)27/h5-11,13,20H,4,12H2,1-3H3/t20-/m1/s1. The van der Waals surface area contributed by atoms with Gasteiger partial charge in [0.05, 0.1) is 24.3 Å². The van der Waals surface area contributed by atoms with Crippen molar-refractivity contribution < 1.29 is 28.2 Å². The summed E-state index contributed by atoms with van der Waals surface area (Å²) < 4.78 is 24.9. The van der Waals surface area contributed by atoms with Crippen LogP contribution in [-0.4, -0.2) is 41.8 Å². The molecule has 0 spiro atoms. The van der Waals surface area contributed by atoms with Gasteiger partial charge in [0.1, 0.15) is 17.3 Å². The minimum Gasteiger partial charge on any atom is -0.493 e. The number of carbonyl (C=O) groups excluding carboxylic acids is 3. The molecule has 7 heteroatoms. The summed E-state index contributed by atoms with van der Waals surface area (Å²) in [6.07, 6.45) is -0.922. The predicted molar refractivity (Wildman–Crippen MR) is 104 cm³/mol. The maximum Gasteiger partial charge on any atom is 0.271 e. The van der Waals surface area contributed by atoms with Crippen LogP contribution in [0.5, 0.6) is 11.5 Å². The number of rotatable bonds is 6. The van der Waals surface area contributed by atoms with Gasteiger partial charge in [-0.1, -0.05) is 26.0 Å². The van der Waals surface area contributed by atoms with Crippen molar-refractivity contribution in [2.45, 2.75) is 26.9 Å². The normalized spacial score (nSPS) is 16.3. The summed E-state index contributed by atoms with van der Waals surface area (Å²) in [6, 6.07) is 10.1. The number of halogens is 1. The average molecular weight is 399 g/mol. The zero-order valence-corrected chi connectivity index (χ0v) is 16.5. The number of ketones is 1. The molecule has 0 aromatic heterocycles. The molecule has 1 aliphatic rings. The lowest BCUT2D eigenvalue weighted by atomic mass is 10.0. The molecular weight excluding hydrogens is 377 g/mol. The lowest BCUT2D eigenvalue weighted by Gasteiger charge is -2.24. The Labute approximate surface area is 168 Å². The summed E-state index contributed by atoms with van der Waals surface area (Å²) in [5.41, 5.74) is 0.174. The first kappa shape index (κ1) is 20.5. The lowest BCUT2D eigenvalue weighted by molar-refractivity contribution is -0.136. The molecule has 2 aromatic rings. The molecule has 2 amide bonds. The highest BCUT2D eigenvalue weighted by Crippen LogP contribution is 2.29. The molecule has 3 rings (SSSR count). The smallest absolute Gasteiger partial charge is 0.271 e. The number of amides is 2. The van der Waals surface area contributed by atoms with Crippen LogP contribution in [0.15, 0.2) is 42.5 Å². The Balaban J connectivity index is 1.98. The minimum atomic E-state index is -0.922. The molecule has 0 fully saturated rings. The van der Waals surface area contributed by atoms with Crippen molar-refractivity contribution in [1.29, 1.82) is 0 Å². The molecule has 29 heavy (non-hydrogen) atoms. The van der Waals surface area contributed by atoms with Gasteiger partial charge < -0.3 is 9.47 Å². The molecule has 6 nitrogen and oxygen atoms in total. The fourth-order valence-electron chi connectivity index (χ4n) is 3.13. The fourth-order valence-corrected chi connectivity index (χ4v) is 3.13. The molecule has 0 aliphatic carbocycles. The summed E-state index contributed by atoms with van der Waals surface area (Å²) in [5.74, 6) is -2.19. The largest absolute Gasteiger partial charge is 0.493 e. The van der Waals surface area contributed by atoms with Gasteiger partial charge in [0.15, 0.2) is 11.9 Å². The molecule has 1 aliphatic heterocycles. The van der Waals surface area contributed by atoms with E-state index in [1.165, 1.54) is 12.1 Å². The Hall–Kier alpha value is -3.22. The third kappa shape index (κ3) is 4.13. The molecule has 2 aromatic carbocycles. The number of carbonyl (C=O) groups is 3. The second-order valence-corrected chi connectivity index (χ2v) is 7.00. The second kappa shape index (κ2) is 8.43. The van der Waals surface area contributed by atoms with Crippen LogP contribution in [-0.2, 0) is 4.79 Å². The van der Waals surface area contributed by atoms with Crippen LogP contribution in [0.25, 0.3) is 0 Å². The number of ether oxygens (including phenoxy) is 2. The van der Waals surface area contributed by atoms with E-state index in [1.54, 1.807) is 45.0 Å². The van der Waals surface area contributed by atoms with Crippen LogP contribution in [0.2, 0.25) is 0 Å². The van der Waals surface area contributed by atoms with E-state index >= 15 is 0 Å². The Morgan fingerprint density at radius 1 is 1.21 bits per heavy atom. The first-order chi connectivity index (χ1) is 13.8. The quantitative estimate of drug-likeness (QED) is 0.549. The molecule has 0 bridgehead atoms. The van der Waals surface area contributed by atoms with Crippen LogP contribution in [0.3, 0.4) is 0 Å². The third-order valence-corrected chi connectivity index (χ3v) is 4.58. The molecular formula is C22H22FNO5. The van der Waals surface area contributed by atoms with Gasteiger partial charge in [0.25, 0.3) is 11.8 Å². The summed E-state index contributed by atoms with van der Waals surface area (Å²) in [7, 11) is 0. The van der Waals surface area contributed by atoms with E-state index in [1.807, 2.05) is 0 Å². The summed E-state index contributed by atoms with van der Waals surface area (Å²) in [4.78, 5) is 39.9. The number of nitrogens with zero attached hydrogens (tertiary/aromatic N) is 1. The fraction of sp³-hybridized carbons (Fsp3) is 0.318. The van der Waals surface area contributed by atoms with E-state index < -0.39 is 36.1 Å². The minimum absolute atomic E-state index is 0.0213. The van der Waals surface area contributed by atoms with E-state index in [0.717, 1.165) is 11.0 Å². The highest BCUT2D eigenvalue weighted by Gasteiger charge is 2.39. The van der Waals surface area contributed by atoms with Gasteiger partial charge in [-0.05, 0) is 43.2 Å². The van der Waals surface area contributed by atoms with E-state index in [2.05, 4.69) is 0 Å². The number of para-hydroxylation sites is 1. The monoisotopic (exact) mass is 399 g/mol. The summed E-state index contributed by atoms with van der Waals surface area (Å²) in [5, 5.41) is 0. The molecule has 1 atom stereocenters. The summed E-state index contributed by atoms with van der Waals surface area (Å²) >= 11 is 0. The molecule has 0 radical (unpaired) electrons. The third-order valence-electron chi connectivity index (χ3n) is 4.58. The molecule has 0 unspecified atom stereocenters. The van der Waals surface area contributed by atoms with Gasteiger partial charge >= 0.3 is 0 Å². The van der Waals surface area contributed by atoms with E-state index in [-0.39, 0.29) is 29.4 Å². The van der Waals surface area contributed by atoms with E-state index in [9.17, 15) is 18.8 Å². The SMILES string of the molecule is CCOc1ccc(F)cc1C(=O)CN1C(=O)c2ccccc2O[C@H](C(C)C)C1=O. The first-order valence-corrected chi connectivity index (χ1v) is 9.40. The van der Waals surface area contributed by atoms with Gasteiger partial charge in [-0.2, -0.15) is 0 Å². The molecule has 0 saturated heterocycles. The van der Waals surface area contributed by atoms with E-state index in [0.29, 0.717) is 5.75 Å². The highest BCUT2D eigenvalue weighted by molar-refractivity contribution is 6.12. The van der Waals surface area contributed by atoms with E-state index in [4.69, 9.17) is 9.47 Å². The Morgan fingerprint density at radius 2 is 1.93 bits per heavy atom. The van der Waals surface area contributed by atoms with Crippen LogP contribution in [0.1, 0.15) is 41.5 Å². The number of Topliss-reactive ketones (excluding diaryl/α,β-unsaturated/α-hetero) is 1. The molecule has 152 valence electrons. The number of benzene rings is 2. The van der Waals surface area contributed by atoms with Crippen LogP contribution in [0.4, 0.5) is 4.39 Å². The van der Waals surface area contributed by atoms with Crippen molar-refractivity contribution >= 4 is 17.6 Å². The zero-order chi connectivity index (χ0) is 21.1. The Bertz CT molecular complexity index is 956. The van der Waals surface area contributed by atoms with Crippen molar-refractivity contribution in [3.05, 3.63) is 59.4 Å². The maximum atomic E-state index is 13.7. The lowest BCUT2D eigenvalue weighted by Crippen LogP contribution is -2.47. The predicted octanol–water partition coefficient (Wildman–Crippen LogP) is 3.49. The molecule has 1 heterocycles. The first-order valence-electron chi connectivity index (χ1n) is 9.40. The van der Waals surface area contributed by atoms with Crippen LogP contribution < -0.4 is 9.47 Å². The number of hydrogen-bond acceptors (Lipinski definition) is 5. The summed E-state index contributed by atoms with van der Waals surface area (Å²) in [6.45, 7) is 5.06. The maximum absolute atomic E-state index is 13.7. The molecule has 0 saturated carbocycles. The van der Waals surface area contributed by atoms with Crippen molar-refractivity contribution in [2.75, 3.05) is 13.2 Å². The molecule has 0 N–H and O–H groups in total. The van der Waals surface area contributed by atoms with Crippen molar-refractivity contribution in [3.63, 3.8) is 0 Å². The van der Waals surface area contributed by atoms with Crippen molar-refractivity contribution in [3.8, 4) is 11.5 Å². The number of fused-ring (bicyclic) bond motifs is 1. The number of hydrogen-bond donors (Lipinski definition) is 0. The average Bonchev–Trinajstić information content (AvgIpc) is 2.80. The van der Waals surface area contributed by atoms with Crippen molar-refractivity contribution in [1.82, 2.24) is 4.90 Å². The van der Waals surface area contributed by atoms with Crippen molar-refractivity contribution in [2.24, 2.45) is 5.92 Å². The van der Waals surface area contributed by atoms with Crippen LogP contribution >= 0.6 is 0 Å². The highest BCUT2D eigenvalue weighted by atomic mass is 19.1. The van der Waals surface area contributed by atoms with Gasteiger partial charge in [-0.3, -0.25) is 19.3 Å². The number of imide groups is 1. The Morgan fingerprint density at radius 3 is 2.62 bits per heavy atom.